The van der Waals surface area contributed by atoms with Crippen LogP contribution in [0.1, 0.15) is 25.8 Å². The lowest BCUT2D eigenvalue weighted by molar-refractivity contribution is -0.156. The molecule has 0 aliphatic heterocycles. The first-order valence-corrected chi connectivity index (χ1v) is 7.89. The number of carboxylic acids is 2. The number of carbonyl (C=O) groups is 2. The minimum Gasteiger partial charge on any atom is -0.481 e. The van der Waals surface area contributed by atoms with E-state index in [-0.39, 0.29) is 12.0 Å². The van der Waals surface area contributed by atoms with E-state index in [0.29, 0.717) is 10.6 Å². The van der Waals surface area contributed by atoms with Crippen LogP contribution in [0.3, 0.4) is 0 Å². The average molecular weight is 351 g/mol. The fourth-order valence-electron chi connectivity index (χ4n) is 3.32. The van der Waals surface area contributed by atoms with Crippen LogP contribution in [-0.4, -0.2) is 27.3 Å². The van der Waals surface area contributed by atoms with Gasteiger partial charge in [0.1, 0.15) is 0 Å². The summed E-state index contributed by atoms with van der Waals surface area (Å²) in [5, 5.41) is 31.1. The van der Waals surface area contributed by atoms with E-state index in [1.807, 2.05) is 0 Å². The molecule has 0 radical (unpaired) electrons. The van der Waals surface area contributed by atoms with Crippen molar-refractivity contribution in [2.75, 3.05) is 0 Å². The topological polar surface area (TPSA) is 94.8 Å². The van der Waals surface area contributed by atoms with E-state index < -0.39 is 28.9 Å². The Hall–Kier alpha value is -2.11. The second-order valence-electron chi connectivity index (χ2n) is 6.09. The summed E-state index contributed by atoms with van der Waals surface area (Å²) in [6.07, 6.45) is 4.31. The van der Waals surface area contributed by atoms with E-state index in [1.165, 1.54) is 25.2 Å². The largest absolute Gasteiger partial charge is 0.481 e. The van der Waals surface area contributed by atoms with Gasteiger partial charge in [0.2, 0.25) is 0 Å². The van der Waals surface area contributed by atoms with E-state index >= 15 is 0 Å². The van der Waals surface area contributed by atoms with E-state index in [2.05, 4.69) is 0 Å². The molecule has 1 aliphatic carbocycles. The molecule has 24 heavy (non-hydrogen) atoms. The molecule has 0 amide bonds. The Bertz CT molecular complexity index is 721. The van der Waals surface area contributed by atoms with E-state index in [0.717, 1.165) is 0 Å². The van der Waals surface area contributed by atoms with Gasteiger partial charge in [0, 0.05) is 16.5 Å². The zero-order valence-corrected chi connectivity index (χ0v) is 14.1. The maximum atomic E-state index is 11.9. The molecule has 0 aromatic heterocycles. The minimum atomic E-state index is -1.67. The van der Waals surface area contributed by atoms with Gasteiger partial charge in [-0.1, -0.05) is 48.9 Å². The standard InChI is InChI=1S/C18H19ClO5/c1-3-18(24,11-6-8-12(19)9-7-11)14-13(15(20)21)5-4-10-17(14,2)16(22)23/h4-10,14,24H,3H2,1-2H3,(H,20,21)(H,22,23). The molecule has 0 heterocycles. The SMILES string of the molecule is CCC(O)(c1ccc(Cl)cc1)C1C(C(=O)O)=CC=CC1(C)C(=O)O. The normalized spacial score (nSPS) is 25.7. The van der Waals surface area contributed by atoms with Crippen LogP contribution in [0.25, 0.3) is 0 Å². The average Bonchev–Trinajstić information content (AvgIpc) is 2.54. The molecule has 3 unspecified atom stereocenters. The first-order valence-electron chi connectivity index (χ1n) is 7.51. The van der Waals surface area contributed by atoms with Crippen molar-refractivity contribution in [3.05, 3.63) is 58.7 Å². The fourth-order valence-corrected chi connectivity index (χ4v) is 3.45. The third-order valence-electron chi connectivity index (χ3n) is 4.70. The summed E-state index contributed by atoms with van der Waals surface area (Å²) in [7, 11) is 0. The third kappa shape index (κ3) is 2.85. The zero-order chi connectivity index (χ0) is 18.1. The van der Waals surface area contributed by atoms with Crippen LogP contribution in [-0.2, 0) is 15.2 Å². The summed E-state index contributed by atoms with van der Waals surface area (Å²) in [6, 6.07) is 6.34. The van der Waals surface area contributed by atoms with Crippen LogP contribution in [0.2, 0.25) is 5.02 Å². The highest BCUT2D eigenvalue weighted by atomic mass is 35.5. The molecule has 0 bridgehead atoms. The van der Waals surface area contributed by atoms with Gasteiger partial charge in [-0.15, -0.1) is 0 Å². The van der Waals surface area contributed by atoms with E-state index in [9.17, 15) is 24.9 Å². The summed E-state index contributed by atoms with van der Waals surface area (Å²) in [5.41, 5.74) is -2.95. The van der Waals surface area contributed by atoms with Crippen LogP contribution >= 0.6 is 11.6 Å². The molecule has 0 spiro atoms. The van der Waals surface area contributed by atoms with Crippen molar-refractivity contribution in [1.82, 2.24) is 0 Å². The minimum absolute atomic E-state index is 0.137. The van der Waals surface area contributed by atoms with Gasteiger partial charge in [-0.25, -0.2) is 4.79 Å². The van der Waals surface area contributed by atoms with Crippen molar-refractivity contribution in [2.45, 2.75) is 25.9 Å². The molecule has 128 valence electrons. The van der Waals surface area contributed by atoms with Crippen LogP contribution in [0.15, 0.2) is 48.1 Å². The number of hydrogen-bond acceptors (Lipinski definition) is 3. The number of allylic oxidation sites excluding steroid dienone is 2. The van der Waals surface area contributed by atoms with E-state index in [4.69, 9.17) is 11.6 Å². The lowest BCUT2D eigenvalue weighted by atomic mass is 9.60. The second kappa shape index (κ2) is 6.42. The van der Waals surface area contributed by atoms with Crippen molar-refractivity contribution in [3.63, 3.8) is 0 Å². The second-order valence-corrected chi connectivity index (χ2v) is 6.53. The Morgan fingerprint density at radius 3 is 2.29 bits per heavy atom. The summed E-state index contributed by atoms with van der Waals surface area (Å²) in [5.74, 6) is -3.61. The van der Waals surface area contributed by atoms with Crippen molar-refractivity contribution < 1.29 is 24.9 Å². The zero-order valence-electron chi connectivity index (χ0n) is 13.4. The van der Waals surface area contributed by atoms with Gasteiger partial charge in [-0.3, -0.25) is 4.79 Å². The number of aliphatic carboxylic acids is 2. The molecule has 3 atom stereocenters. The molecule has 0 saturated heterocycles. The fraction of sp³-hybridized carbons (Fsp3) is 0.333. The monoisotopic (exact) mass is 350 g/mol. The Labute approximate surface area is 144 Å². The molecule has 0 saturated carbocycles. The number of benzene rings is 1. The first kappa shape index (κ1) is 18.2. The maximum absolute atomic E-state index is 11.9. The van der Waals surface area contributed by atoms with Gasteiger partial charge in [-0.2, -0.15) is 0 Å². The number of rotatable bonds is 5. The predicted molar refractivity (Wildman–Crippen MR) is 89.7 cm³/mol. The summed E-state index contributed by atoms with van der Waals surface area (Å²) < 4.78 is 0. The number of halogens is 1. The number of carboxylic acid groups (broad SMARTS) is 2. The van der Waals surface area contributed by atoms with E-state index in [1.54, 1.807) is 31.2 Å². The Morgan fingerprint density at radius 2 is 1.83 bits per heavy atom. The molecule has 2 rings (SSSR count). The number of hydrogen-bond donors (Lipinski definition) is 3. The summed E-state index contributed by atoms with van der Waals surface area (Å²) in [4.78, 5) is 23.6. The van der Waals surface area contributed by atoms with Crippen LogP contribution < -0.4 is 0 Å². The van der Waals surface area contributed by atoms with Gasteiger partial charge in [0.05, 0.1) is 11.0 Å². The van der Waals surface area contributed by atoms with Gasteiger partial charge >= 0.3 is 11.9 Å². The lowest BCUT2D eigenvalue weighted by Gasteiger charge is -2.45. The maximum Gasteiger partial charge on any atom is 0.332 e. The van der Waals surface area contributed by atoms with Crippen LogP contribution in [0, 0.1) is 11.3 Å². The summed E-state index contributed by atoms with van der Waals surface area (Å²) in [6.45, 7) is 3.11. The van der Waals surface area contributed by atoms with Crippen LogP contribution in [0.4, 0.5) is 0 Å². The van der Waals surface area contributed by atoms with Crippen LogP contribution in [0.5, 0.6) is 0 Å². The Kier molecular flexibility index (Phi) is 4.87. The van der Waals surface area contributed by atoms with Crippen molar-refractivity contribution in [2.24, 2.45) is 11.3 Å². The Balaban J connectivity index is 2.70. The Morgan fingerprint density at radius 1 is 1.25 bits per heavy atom. The third-order valence-corrected chi connectivity index (χ3v) is 4.95. The molecular weight excluding hydrogens is 332 g/mol. The van der Waals surface area contributed by atoms with Gasteiger partial charge in [-0.05, 0) is 31.0 Å². The molecule has 5 nitrogen and oxygen atoms in total. The molecule has 1 aromatic rings. The van der Waals surface area contributed by atoms with Crippen molar-refractivity contribution in [3.8, 4) is 0 Å². The molecule has 1 aliphatic rings. The molecule has 1 aromatic carbocycles. The van der Waals surface area contributed by atoms with Gasteiger partial charge < -0.3 is 15.3 Å². The highest BCUT2D eigenvalue weighted by Crippen LogP contribution is 2.50. The highest BCUT2D eigenvalue weighted by Gasteiger charge is 2.54. The first-order chi connectivity index (χ1) is 11.2. The quantitative estimate of drug-likeness (QED) is 0.757. The molecule has 3 N–H and O–H groups in total. The molecule has 0 fully saturated rings. The highest BCUT2D eigenvalue weighted by molar-refractivity contribution is 6.30. The predicted octanol–water partition coefficient (Wildman–Crippen LogP) is 3.23. The summed E-state index contributed by atoms with van der Waals surface area (Å²) >= 11 is 5.88. The van der Waals surface area contributed by atoms with Gasteiger partial charge in [0.25, 0.3) is 0 Å². The van der Waals surface area contributed by atoms with Crippen molar-refractivity contribution in [1.29, 1.82) is 0 Å². The smallest absolute Gasteiger partial charge is 0.332 e. The molecule has 6 heteroatoms. The van der Waals surface area contributed by atoms with Crippen molar-refractivity contribution >= 4 is 23.5 Å². The van der Waals surface area contributed by atoms with Gasteiger partial charge in [0.15, 0.2) is 0 Å². The lowest BCUT2D eigenvalue weighted by Crippen LogP contribution is -2.50. The molecular formula is C18H19ClO5. The number of aliphatic hydroxyl groups is 1.